The zero-order chi connectivity index (χ0) is 29.2. The average molecular weight is 567 g/mol. The number of aliphatic carboxylic acids is 1. The number of nitrogens with zero attached hydrogens (tertiary/aromatic N) is 2. The van der Waals surface area contributed by atoms with Gasteiger partial charge in [-0.1, -0.05) is 44.5 Å². The Labute approximate surface area is 243 Å². The molecule has 0 spiro atoms. The lowest BCUT2D eigenvalue weighted by molar-refractivity contribution is -0.146. The summed E-state index contributed by atoms with van der Waals surface area (Å²) < 4.78 is 8.56. The molecule has 1 aromatic heterocycles. The van der Waals surface area contributed by atoms with Crippen molar-refractivity contribution in [3.63, 3.8) is 0 Å². The molecular formula is C33H43ClN2O4. The number of carbonyl (C=O) groups excluding carboxylic acids is 1. The van der Waals surface area contributed by atoms with Gasteiger partial charge < -0.3 is 19.3 Å². The number of carboxylic acids is 1. The lowest BCUT2D eigenvalue weighted by Gasteiger charge is -2.23. The van der Waals surface area contributed by atoms with E-state index < -0.39 is 11.4 Å². The number of rotatable bonds is 10. The number of halogens is 1. The Morgan fingerprint density at radius 1 is 1.07 bits per heavy atom. The molecule has 1 aliphatic rings. The zero-order valence-corrected chi connectivity index (χ0v) is 25.5. The third-order valence-electron chi connectivity index (χ3n) is 8.05. The quantitative estimate of drug-likeness (QED) is 0.278. The van der Waals surface area contributed by atoms with Crippen LogP contribution in [0.4, 0.5) is 0 Å². The van der Waals surface area contributed by atoms with Crippen LogP contribution in [-0.4, -0.2) is 45.6 Å². The average Bonchev–Trinajstić information content (AvgIpc) is 3.45. The molecule has 1 N–H and O–H groups in total. The maximum absolute atomic E-state index is 12.2. The van der Waals surface area contributed by atoms with Crippen LogP contribution in [0.2, 0.25) is 5.02 Å². The number of aryl methyl sites for hydroxylation is 1. The molecule has 1 amide bonds. The summed E-state index contributed by atoms with van der Waals surface area (Å²) in [6.07, 6.45) is 4.16. The van der Waals surface area contributed by atoms with Crippen LogP contribution in [0.15, 0.2) is 42.5 Å². The molecule has 0 radical (unpaired) electrons. The fourth-order valence-corrected chi connectivity index (χ4v) is 5.72. The maximum Gasteiger partial charge on any atom is 0.309 e. The summed E-state index contributed by atoms with van der Waals surface area (Å²) in [7, 11) is 0. The third-order valence-corrected chi connectivity index (χ3v) is 8.30. The second-order valence-electron chi connectivity index (χ2n) is 13.1. The van der Waals surface area contributed by atoms with Crippen molar-refractivity contribution in [1.29, 1.82) is 0 Å². The molecule has 0 aliphatic carbocycles. The van der Waals surface area contributed by atoms with Crippen molar-refractivity contribution in [1.82, 2.24) is 9.47 Å². The van der Waals surface area contributed by atoms with Crippen molar-refractivity contribution in [3.8, 4) is 5.75 Å². The molecule has 1 atom stereocenters. The molecular weight excluding hydrogens is 524 g/mol. The zero-order valence-electron chi connectivity index (χ0n) is 24.7. The minimum absolute atomic E-state index is 0.0926. The second-order valence-corrected chi connectivity index (χ2v) is 13.5. The van der Waals surface area contributed by atoms with Gasteiger partial charge in [-0.25, -0.2) is 0 Å². The summed E-state index contributed by atoms with van der Waals surface area (Å²) in [4.78, 5) is 26.2. The summed E-state index contributed by atoms with van der Waals surface area (Å²) >= 11 is 6.16. The van der Waals surface area contributed by atoms with E-state index in [9.17, 15) is 14.7 Å². The van der Waals surface area contributed by atoms with Gasteiger partial charge in [0.25, 0.3) is 0 Å². The molecule has 0 saturated carbocycles. The first-order chi connectivity index (χ1) is 18.7. The lowest BCUT2D eigenvalue weighted by Crippen LogP contribution is -2.37. The van der Waals surface area contributed by atoms with E-state index in [2.05, 4.69) is 37.5 Å². The van der Waals surface area contributed by atoms with Crippen molar-refractivity contribution in [2.75, 3.05) is 13.2 Å². The highest BCUT2D eigenvalue weighted by Gasteiger charge is 2.32. The van der Waals surface area contributed by atoms with Crippen molar-refractivity contribution < 1.29 is 19.4 Å². The number of hydrogen-bond donors (Lipinski definition) is 1. The van der Waals surface area contributed by atoms with Gasteiger partial charge in [-0.05, 0) is 86.4 Å². The second kappa shape index (κ2) is 11.9. The van der Waals surface area contributed by atoms with E-state index in [-0.39, 0.29) is 17.4 Å². The Morgan fingerprint density at radius 3 is 2.40 bits per heavy atom. The minimum atomic E-state index is -0.930. The van der Waals surface area contributed by atoms with Gasteiger partial charge in [-0.15, -0.1) is 0 Å². The Balaban J connectivity index is 1.79. The smallest absolute Gasteiger partial charge is 0.309 e. The Morgan fingerprint density at radius 2 is 1.77 bits per heavy atom. The van der Waals surface area contributed by atoms with Gasteiger partial charge in [0, 0.05) is 48.1 Å². The number of carboxylic acid groups (broad SMARTS) is 1. The van der Waals surface area contributed by atoms with E-state index in [1.807, 2.05) is 35.2 Å². The van der Waals surface area contributed by atoms with Gasteiger partial charge in [0.15, 0.2) is 0 Å². The molecule has 1 aliphatic heterocycles. The Hall–Kier alpha value is -2.99. The van der Waals surface area contributed by atoms with Crippen molar-refractivity contribution in [3.05, 3.63) is 64.3 Å². The normalized spacial score (nSPS) is 16.1. The van der Waals surface area contributed by atoms with Gasteiger partial charge in [0.05, 0.1) is 11.5 Å². The highest BCUT2D eigenvalue weighted by atomic mass is 35.5. The first-order valence-electron chi connectivity index (χ1n) is 14.3. The number of aromatic nitrogens is 1. The van der Waals surface area contributed by atoms with Crippen LogP contribution >= 0.6 is 11.6 Å². The molecule has 0 unspecified atom stereocenters. The number of benzene rings is 2. The molecule has 0 bridgehead atoms. The predicted octanol–water partition coefficient (Wildman–Crippen LogP) is 7.36. The number of hydrogen-bond acceptors (Lipinski definition) is 3. The number of ether oxygens (including phenoxy) is 1. The highest BCUT2D eigenvalue weighted by molar-refractivity contribution is 6.30. The number of amides is 1. The number of fused-ring (bicyclic) bond motifs is 1. The van der Waals surface area contributed by atoms with Crippen molar-refractivity contribution >= 4 is 34.4 Å². The largest absolute Gasteiger partial charge is 0.491 e. The first-order valence-corrected chi connectivity index (χ1v) is 14.6. The number of carbonyl (C=O) groups is 2. The molecule has 2 aromatic carbocycles. The van der Waals surface area contributed by atoms with E-state index in [0.29, 0.717) is 24.6 Å². The van der Waals surface area contributed by atoms with Gasteiger partial charge in [-0.2, -0.15) is 0 Å². The fraction of sp³-hybridized carbons (Fsp3) is 0.515. The van der Waals surface area contributed by atoms with Gasteiger partial charge in [0.2, 0.25) is 5.91 Å². The molecule has 216 valence electrons. The van der Waals surface area contributed by atoms with E-state index in [1.165, 1.54) is 5.56 Å². The van der Waals surface area contributed by atoms with Gasteiger partial charge in [0.1, 0.15) is 12.4 Å². The summed E-state index contributed by atoms with van der Waals surface area (Å²) in [5, 5.41) is 11.8. The van der Waals surface area contributed by atoms with Crippen LogP contribution in [0.3, 0.4) is 0 Å². The number of likely N-dealkylation sites (tertiary alicyclic amines) is 1. The van der Waals surface area contributed by atoms with E-state index >= 15 is 0 Å². The fourth-order valence-electron chi connectivity index (χ4n) is 5.59. The lowest BCUT2D eigenvalue weighted by atomic mass is 9.84. The maximum atomic E-state index is 12.2. The highest BCUT2D eigenvalue weighted by Crippen LogP contribution is 2.37. The van der Waals surface area contributed by atoms with Gasteiger partial charge in [-0.3, -0.25) is 9.59 Å². The summed E-state index contributed by atoms with van der Waals surface area (Å²) in [5.74, 6) is 0.0526. The third kappa shape index (κ3) is 7.01. The standard InChI is InChI=1S/C33H43ClN2O4/c1-22(37)35-17-7-8-25(35)21-40-26-13-14-29-28(18-26)27(15-16-32(2,3)4)30(19-33(5,6)31(38)39)36(29)20-23-9-11-24(34)12-10-23/h9-14,18,25H,7-8,15-17,19-21H2,1-6H3,(H,38,39)/t25-/m0/s1. The minimum Gasteiger partial charge on any atom is -0.491 e. The van der Waals surface area contributed by atoms with E-state index in [0.717, 1.165) is 60.1 Å². The summed E-state index contributed by atoms with van der Waals surface area (Å²) in [5.41, 5.74) is 3.59. The van der Waals surface area contributed by atoms with Crippen LogP contribution in [-0.2, 0) is 29.0 Å². The Bertz CT molecular complexity index is 1370. The van der Waals surface area contributed by atoms with Gasteiger partial charge >= 0.3 is 5.97 Å². The van der Waals surface area contributed by atoms with Crippen LogP contribution < -0.4 is 4.74 Å². The first kappa shape index (κ1) is 30.0. The predicted molar refractivity (Wildman–Crippen MR) is 161 cm³/mol. The molecule has 40 heavy (non-hydrogen) atoms. The van der Waals surface area contributed by atoms with Crippen molar-refractivity contribution in [2.24, 2.45) is 10.8 Å². The van der Waals surface area contributed by atoms with E-state index in [4.69, 9.17) is 16.3 Å². The summed E-state index contributed by atoms with van der Waals surface area (Å²) in [6.45, 7) is 13.8. The Kier molecular flexibility index (Phi) is 8.89. The molecule has 2 heterocycles. The van der Waals surface area contributed by atoms with Crippen LogP contribution in [0, 0.1) is 10.8 Å². The monoisotopic (exact) mass is 566 g/mol. The molecule has 1 fully saturated rings. The molecule has 6 nitrogen and oxygen atoms in total. The summed E-state index contributed by atoms with van der Waals surface area (Å²) in [6, 6.07) is 14.1. The van der Waals surface area contributed by atoms with E-state index in [1.54, 1.807) is 20.8 Å². The molecule has 3 aromatic rings. The van der Waals surface area contributed by atoms with Crippen LogP contribution in [0.25, 0.3) is 10.9 Å². The molecule has 4 rings (SSSR count). The van der Waals surface area contributed by atoms with Crippen molar-refractivity contribution in [2.45, 2.75) is 86.2 Å². The van der Waals surface area contributed by atoms with Crippen LogP contribution in [0.5, 0.6) is 5.75 Å². The SMILES string of the molecule is CC(=O)N1CCC[C@H]1COc1ccc2c(c1)c(CCC(C)(C)C)c(CC(C)(C)C(=O)O)n2Cc1ccc(Cl)cc1. The van der Waals surface area contributed by atoms with Crippen LogP contribution in [0.1, 0.15) is 77.6 Å². The molecule has 7 heteroatoms. The topological polar surface area (TPSA) is 71.8 Å². The molecule has 1 saturated heterocycles.